The Morgan fingerprint density at radius 1 is 0.974 bits per heavy atom. The van der Waals surface area contributed by atoms with Crippen molar-refractivity contribution in [3.05, 3.63) is 88.9 Å². The van der Waals surface area contributed by atoms with Crippen LogP contribution in [0.1, 0.15) is 37.3 Å². The van der Waals surface area contributed by atoms with Gasteiger partial charge < -0.3 is 20.4 Å². The Morgan fingerprint density at radius 3 is 2.37 bits per heavy atom. The molecule has 0 aromatic heterocycles. The summed E-state index contributed by atoms with van der Waals surface area (Å²) in [5.41, 5.74) is 4.83. The van der Waals surface area contributed by atoms with Gasteiger partial charge in [-0.2, -0.15) is 0 Å². The van der Waals surface area contributed by atoms with Gasteiger partial charge in [0.1, 0.15) is 6.54 Å². The Hall–Kier alpha value is -4.10. The minimum Gasteiger partial charge on any atom is -0.354 e. The molecular formula is C30H29ClN4O3. The summed E-state index contributed by atoms with van der Waals surface area (Å²) in [6.45, 7) is 2.97. The highest BCUT2D eigenvalue weighted by Crippen LogP contribution is 2.38. The van der Waals surface area contributed by atoms with Crippen LogP contribution in [0.15, 0.2) is 72.8 Å². The van der Waals surface area contributed by atoms with Crippen molar-refractivity contribution in [2.75, 3.05) is 35.2 Å². The number of hydrogen-bond donors (Lipinski definition) is 2. The molecule has 2 N–H and O–H groups in total. The number of likely N-dealkylation sites (tertiary alicyclic amines) is 1. The molecule has 38 heavy (non-hydrogen) atoms. The standard InChI is InChI=1S/C30H29ClN4O3/c1-20(36)35(19-27(37)34-16-6-3-7-17-34)24-13-11-23(12-14-24)32-29(21-8-4-2-5-9-21)28-25-15-10-22(31)18-26(25)33-30(28)38/h2,4-5,8-15,18,32H,3,6-7,16-17,19H2,1H3,(H,33,38). The first-order valence-electron chi connectivity index (χ1n) is 12.7. The van der Waals surface area contributed by atoms with Gasteiger partial charge in [-0.05, 0) is 61.2 Å². The summed E-state index contributed by atoms with van der Waals surface area (Å²) in [6.07, 6.45) is 3.14. The van der Waals surface area contributed by atoms with Gasteiger partial charge in [0.15, 0.2) is 0 Å². The van der Waals surface area contributed by atoms with Gasteiger partial charge in [-0.1, -0.05) is 48.0 Å². The second-order valence-electron chi connectivity index (χ2n) is 9.48. The van der Waals surface area contributed by atoms with E-state index in [2.05, 4.69) is 10.6 Å². The Bertz CT molecular complexity index is 1400. The topological polar surface area (TPSA) is 81.8 Å². The normalized spacial score (nSPS) is 15.9. The number of nitrogens with one attached hydrogen (secondary N) is 2. The van der Waals surface area contributed by atoms with Crippen LogP contribution in [0.2, 0.25) is 5.02 Å². The molecule has 0 radical (unpaired) electrons. The molecule has 2 heterocycles. The van der Waals surface area contributed by atoms with Crippen LogP contribution in [0.25, 0.3) is 11.3 Å². The van der Waals surface area contributed by atoms with Crippen molar-refractivity contribution in [3.8, 4) is 0 Å². The van der Waals surface area contributed by atoms with E-state index in [1.807, 2.05) is 65.6 Å². The molecule has 3 amide bonds. The second-order valence-corrected chi connectivity index (χ2v) is 9.91. The van der Waals surface area contributed by atoms with Crippen molar-refractivity contribution < 1.29 is 14.4 Å². The van der Waals surface area contributed by atoms with Crippen LogP contribution in [-0.4, -0.2) is 42.3 Å². The van der Waals surface area contributed by atoms with Gasteiger partial charge in [-0.25, -0.2) is 0 Å². The molecule has 2 aliphatic rings. The molecule has 194 valence electrons. The SMILES string of the molecule is CC(=O)N(CC(=O)N1CCCCC1)c1ccc(NC(=C2C(=O)Nc3cc(Cl)ccc32)c2ccccc2)cc1. The van der Waals surface area contributed by atoms with Crippen LogP contribution >= 0.6 is 11.6 Å². The number of hydrogen-bond acceptors (Lipinski definition) is 4. The molecule has 1 saturated heterocycles. The van der Waals surface area contributed by atoms with Gasteiger partial charge in [0.25, 0.3) is 5.91 Å². The molecule has 7 nitrogen and oxygen atoms in total. The Balaban J connectivity index is 1.43. The number of carbonyl (C=O) groups excluding carboxylic acids is 3. The largest absolute Gasteiger partial charge is 0.354 e. The molecule has 2 aliphatic heterocycles. The molecule has 3 aromatic rings. The summed E-state index contributed by atoms with van der Waals surface area (Å²) < 4.78 is 0. The van der Waals surface area contributed by atoms with Crippen LogP contribution in [0.5, 0.6) is 0 Å². The van der Waals surface area contributed by atoms with E-state index in [0.29, 0.717) is 27.7 Å². The predicted octanol–water partition coefficient (Wildman–Crippen LogP) is 5.64. The van der Waals surface area contributed by atoms with Gasteiger partial charge in [0.05, 0.1) is 17.0 Å². The first kappa shape index (κ1) is 25.5. The molecular weight excluding hydrogens is 500 g/mol. The smallest absolute Gasteiger partial charge is 0.258 e. The van der Waals surface area contributed by atoms with Crippen molar-refractivity contribution in [3.63, 3.8) is 0 Å². The molecule has 3 aromatic carbocycles. The number of fused-ring (bicyclic) bond motifs is 1. The van der Waals surface area contributed by atoms with E-state index in [0.717, 1.165) is 49.2 Å². The third-order valence-electron chi connectivity index (χ3n) is 6.87. The lowest BCUT2D eigenvalue weighted by Crippen LogP contribution is -2.44. The number of piperidine rings is 1. The van der Waals surface area contributed by atoms with Crippen molar-refractivity contribution in [1.29, 1.82) is 0 Å². The number of amides is 3. The van der Waals surface area contributed by atoms with Crippen LogP contribution in [-0.2, 0) is 14.4 Å². The number of halogens is 1. The number of anilines is 3. The molecule has 8 heteroatoms. The van der Waals surface area contributed by atoms with Crippen molar-refractivity contribution in [2.45, 2.75) is 26.2 Å². The molecule has 1 fully saturated rings. The lowest BCUT2D eigenvalue weighted by molar-refractivity contribution is -0.132. The lowest BCUT2D eigenvalue weighted by Gasteiger charge is -2.29. The van der Waals surface area contributed by atoms with E-state index in [4.69, 9.17) is 11.6 Å². The molecule has 0 atom stereocenters. The van der Waals surface area contributed by atoms with Gasteiger partial charge in [-0.3, -0.25) is 14.4 Å². The second kappa shape index (κ2) is 11.1. The van der Waals surface area contributed by atoms with Crippen LogP contribution in [0.3, 0.4) is 0 Å². The third-order valence-corrected chi connectivity index (χ3v) is 7.10. The van der Waals surface area contributed by atoms with Crippen LogP contribution < -0.4 is 15.5 Å². The first-order chi connectivity index (χ1) is 18.4. The van der Waals surface area contributed by atoms with Crippen molar-refractivity contribution >= 4 is 57.7 Å². The summed E-state index contributed by atoms with van der Waals surface area (Å²) in [5, 5.41) is 6.87. The van der Waals surface area contributed by atoms with Gasteiger partial charge in [-0.15, -0.1) is 0 Å². The summed E-state index contributed by atoms with van der Waals surface area (Å²) in [6, 6.07) is 22.3. The summed E-state index contributed by atoms with van der Waals surface area (Å²) in [5.74, 6) is -0.450. The lowest BCUT2D eigenvalue weighted by atomic mass is 10.00. The zero-order valence-electron chi connectivity index (χ0n) is 21.2. The quantitative estimate of drug-likeness (QED) is 0.406. The van der Waals surface area contributed by atoms with E-state index < -0.39 is 0 Å². The molecule has 5 rings (SSSR count). The number of rotatable bonds is 6. The maximum atomic E-state index is 13.1. The zero-order chi connectivity index (χ0) is 26.6. The predicted molar refractivity (Wildman–Crippen MR) is 152 cm³/mol. The van der Waals surface area contributed by atoms with Gasteiger partial charge >= 0.3 is 0 Å². The highest BCUT2D eigenvalue weighted by Gasteiger charge is 2.29. The van der Waals surface area contributed by atoms with E-state index in [-0.39, 0.29) is 24.3 Å². The van der Waals surface area contributed by atoms with E-state index in [9.17, 15) is 14.4 Å². The highest BCUT2D eigenvalue weighted by molar-refractivity contribution is 6.38. The van der Waals surface area contributed by atoms with Crippen LogP contribution in [0, 0.1) is 0 Å². The summed E-state index contributed by atoms with van der Waals surface area (Å²) in [7, 11) is 0. The molecule has 0 saturated carbocycles. The fraction of sp³-hybridized carbons (Fsp3) is 0.233. The average Bonchev–Trinajstić information content (AvgIpc) is 3.25. The first-order valence-corrected chi connectivity index (χ1v) is 13.1. The van der Waals surface area contributed by atoms with E-state index >= 15 is 0 Å². The minimum atomic E-state index is -0.218. The summed E-state index contributed by atoms with van der Waals surface area (Å²) in [4.78, 5) is 41.7. The fourth-order valence-corrected chi connectivity index (χ4v) is 5.08. The zero-order valence-corrected chi connectivity index (χ0v) is 21.9. The average molecular weight is 529 g/mol. The molecule has 0 unspecified atom stereocenters. The van der Waals surface area contributed by atoms with Gasteiger partial charge in [0, 0.05) is 42.0 Å². The van der Waals surface area contributed by atoms with Crippen molar-refractivity contribution in [1.82, 2.24) is 4.90 Å². The summed E-state index contributed by atoms with van der Waals surface area (Å²) >= 11 is 6.15. The maximum Gasteiger partial charge on any atom is 0.258 e. The highest BCUT2D eigenvalue weighted by atomic mass is 35.5. The Labute approximate surface area is 227 Å². The number of carbonyl (C=O) groups is 3. The third kappa shape index (κ3) is 5.43. The number of benzene rings is 3. The molecule has 0 aliphatic carbocycles. The monoisotopic (exact) mass is 528 g/mol. The van der Waals surface area contributed by atoms with E-state index in [1.54, 1.807) is 12.1 Å². The van der Waals surface area contributed by atoms with Crippen molar-refractivity contribution in [2.24, 2.45) is 0 Å². The number of nitrogens with zero attached hydrogens (tertiary/aromatic N) is 2. The fourth-order valence-electron chi connectivity index (χ4n) is 4.91. The van der Waals surface area contributed by atoms with E-state index in [1.165, 1.54) is 11.8 Å². The minimum absolute atomic E-state index is 0.0148. The van der Waals surface area contributed by atoms with Crippen LogP contribution in [0.4, 0.5) is 17.1 Å². The van der Waals surface area contributed by atoms with Gasteiger partial charge in [0.2, 0.25) is 11.8 Å². The maximum absolute atomic E-state index is 13.1. The molecule has 0 spiro atoms. The Morgan fingerprint density at radius 2 is 1.68 bits per heavy atom. The Kier molecular flexibility index (Phi) is 7.47. The molecule has 0 bridgehead atoms.